The van der Waals surface area contributed by atoms with Gasteiger partial charge < -0.3 is 9.64 Å². The van der Waals surface area contributed by atoms with Crippen molar-refractivity contribution in [2.45, 2.75) is 11.2 Å². The molecule has 1 aliphatic rings. The lowest BCUT2D eigenvalue weighted by molar-refractivity contribution is 0.0635. The number of piperazine rings is 1. The number of anilines is 1. The SMILES string of the molecule is COC1NCCN(c2cccnc2)C1Br. The maximum atomic E-state index is 5.34. The molecule has 2 unspecified atom stereocenters. The van der Waals surface area contributed by atoms with E-state index in [1.807, 2.05) is 12.3 Å². The Labute approximate surface area is 97.8 Å². The topological polar surface area (TPSA) is 37.4 Å². The van der Waals surface area contributed by atoms with Crippen LogP contribution in [0.1, 0.15) is 0 Å². The Morgan fingerprint density at radius 2 is 2.53 bits per heavy atom. The second kappa shape index (κ2) is 4.92. The molecule has 5 heteroatoms. The van der Waals surface area contributed by atoms with Gasteiger partial charge in [-0.25, -0.2) is 0 Å². The molecule has 1 aliphatic heterocycles. The summed E-state index contributed by atoms with van der Waals surface area (Å²) in [7, 11) is 1.71. The number of aromatic nitrogens is 1. The molecule has 0 aliphatic carbocycles. The van der Waals surface area contributed by atoms with Gasteiger partial charge in [-0.05, 0) is 12.1 Å². The van der Waals surface area contributed by atoms with Crippen LogP contribution >= 0.6 is 15.9 Å². The molecule has 0 amide bonds. The van der Waals surface area contributed by atoms with Gasteiger partial charge in [0.25, 0.3) is 0 Å². The van der Waals surface area contributed by atoms with Crippen molar-refractivity contribution < 1.29 is 4.74 Å². The lowest BCUT2D eigenvalue weighted by atomic mass is 10.3. The zero-order valence-electron chi connectivity index (χ0n) is 8.56. The largest absolute Gasteiger partial charge is 0.363 e. The van der Waals surface area contributed by atoms with Crippen molar-refractivity contribution in [1.82, 2.24) is 10.3 Å². The molecular formula is C10H14BrN3O. The Hall–Kier alpha value is -0.650. The summed E-state index contributed by atoms with van der Waals surface area (Å²) in [6.45, 7) is 1.86. The Kier molecular flexibility index (Phi) is 3.56. The van der Waals surface area contributed by atoms with Crippen molar-refractivity contribution in [3.05, 3.63) is 24.5 Å². The molecule has 0 aromatic carbocycles. The van der Waals surface area contributed by atoms with Crippen molar-refractivity contribution >= 4 is 21.6 Å². The van der Waals surface area contributed by atoms with Crippen LogP contribution in [0.2, 0.25) is 0 Å². The van der Waals surface area contributed by atoms with Gasteiger partial charge in [0.2, 0.25) is 0 Å². The highest BCUT2D eigenvalue weighted by atomic mass is 79.9. The molecule has 2 rings (SSSR count). The van der Waals surface area contributed by atoms with Crippen LogP contribution in [-0.2, 0) is 4.74 Å². The third kappa shape index (κ3) is 2.30. The van der Waals surface area contributed by atoms with Crippen LogP contribution in [0.15, 0.2) is 24.5 Å². The number of hydrogen-bond acceptors (Lipinski definition) is 4. The Bertz CT molecular complexity index is 309. The number of alkyl halides is 1. The van der Waals surface area contributed by atoms with Gasteiger partial charge in [-0.1, -0.05) is 15.9 Å². The smallest absolute Gasteiger partial charge is 0.138 e. The second-order valence-corrected chi connectivity index (χ2v) is 4.33. The summed E-state index contributed by atoms with van der Waals surface area (Å²) in [6.07, 6.45) is 3.66. The highest BCUT2D eigenvalue weighted by Crippen LogP contribution is 2.23. The van der Waals surface area contributed by atoms with Gasteiger partial charge in [0.05, 0.1) is 11.9 Å². The molecule has 1 saturated heterocycles. The van der Waals surface area contributed by atoms with Crippen molar-refractivity contribution in [1.29, 1.82) is 0 Å². The molecule has 0 spiro atoms. The number of ether oxygens (including phenoxy) is 1. The number of pyridine rings is 1. The average Bonchev–Trinajstić information content (AvgIpc) is 2.30. The van der Waals surface area contributed by atoms with Crippen molar-refractivity contribution in [3.63, 3.8) is 0 Å². The predicted molar refractivity (Wildman–Crippen MR) is 63.1 cm³/mol. The number of nitrogens with one attached hydrogen (secondary N) is 1. The van der Waals surface area contributed by atoms with Crippen molar-refractivity contribution in [2.75, 3.05) is 25.1 Å². The van der Waals surface area contributed by atoms with E-state index in [0.717, 1.165) is 18.8 Å². The summed E-state index contributed by atoms with van der Waals surface area (Å²) in [5.41, 5.74) is 1.11. The van der Waals surface area contributed by atoms with E-state index >= 15 is 0 Å². The van der Waals surface area contributed by atoms with Crippen molar-refractivity contribution in [3.8, 4) is 0 Å². The number of rotatable bonds is 2. The fourth-order valence-corrected chi connectivity index (χ4v) is 2.55. The molecule has 0 saturated carbocycles. The van der Waals surface area contributed by atoms with Gasteiger partial charge in [-0.3, -0.25) is 10.3 Å². The zero-order chi connectivity index (χ0) is 10.7. The molecule has 15 heavy (non-hydrogen) atoms. The highest BCUT2D eigenvalue weighted by Gasteiger charge is 2.28. The van der Waals surface area contributed by atoms with Crippen molar-refractivity contribution in [2.24, 2.45) is 0 Å². The monoisotopic (exact) mass is 271 g/mol. The number of methoxy groups -OCH3 is 1. The predicted octanol–water partition coefficient (Wildman–Crippen LogP) is 1.18. The molecule has 1 fully saturated rings. The average molecular weight is 272 g/mol. The maximum Gasteiger partial charge on any atom is 0.138 e. The summed E-state index contributed by atoms with van der Waals surface area (Å²) in [4.78, 5) is 6.49. The van der Waals surface area contributed by atoms with Gasteiger partial charge >= 0.3 is 0 Å². The van der Waals surface area contributed by atoms with E-state index in [1.54, 1.807) is 13.3 Å². The first-order valence-electron chi connectivity index (χ1n) is 4.90. The van der Waals surface area contributed by atoms with E-state index in [4.69, 9.17) is 4.74 Å². The van der Waals surface area contributed by atoms with E-state index in [0.29, 0.717) is 0 Å². The molecule has 1 aromatic heterocycles. The minimum Gasteiger partial charge on any atom is -0.363 e. The minimum atomic E-state index is 0.0129. The van der Waals surface area contributed by atoms with E-state index in [2.05, 4.69) is 37.2 Å². The number of halogens is 1. The fraction of sp³-hybridized carbons (Fsp3) is 0.500. The highest BCUT2D eigenvalue weighted by molar-refractivity contribution is 9.09. The standard InChI is InChI=1S/C10H14BrN3O/c1-15-10-9(11)14(6-5-13-10)8-3-2-4-12-7-8/h2-4,7,9-10,13H,5-6H2,1H3. The summed E-state index contributed by atoms with van der Waals surface area (Å²) in [5, 5.41) is 3.29. The van der Waals surface area contributed by atoms with Crippen LogP contribution in [0.25, 0.3) is 0 Å². The van der Waals surface area contributed by atoms with Crippen LogP contribution in [0.5, 0.6) is 0 Å². The Balaban J connectivity index is 2.15. The maximum absolute atomic E-state index is 5.34. The van der Waals surface area contributed by atoms with Gasteiger partial charge in [-0.15, -0.1) is 0 Å². The molecule has 0 bridgehead atoms. The Morgan fingerprint density at radius 3 is 3.20 bits per heavy atom. The number of nitrogens with zero attached hydrogens (tertiary/aromatic N) is 2. The molecular weight excluding hydrogens is 258 g/mol. The molecule has 82 valence electrons. The lowest BCUT2D eigenvalue weighted by Crippen LogP contribution is -2.56. The molecule has 1 aromatic rings. The van der Waals surface area contributed by atoms with Crippen LogP contribution in [0, 0.1) is 0 Å². The van der Waals surface area contributed by atoms with E-state index in [-0.39, 0.29) is 11.2 Å². The van der Waals surface area contributed by atoms with Gasteiger partial charge in [0.15, 0.2) is 0 Å². The zero-order valence-corrected chi connectivity index (χ0v) is 10.1. The minimum absolute atomic E-state index is 0.0129. The van der Waals surface area contributed by atoms with Gasteiger partial charge in [0, 0.05) is 26.4 Å². The molecule has 4 nitrogen and oxygen atoms in total. The van der Waals surface area contributed by atoms with E-state index in [1.165, 1.54) is 0 Å². The van der Waals surface area contributed by atoms with Crippen LogP contribution in [0.4, 0.5) is 5.69 Å². The first kappa shape index (κ1) is 10.9. The first-order chi connectivity index (χ1) is 7.33. The Morgan fingerprint density at radius 1 is 1.67 bits per heavy atom. The second-order valence-electron chi connectivity index (χ2n) is 3.39. The van der Waals surface area contributed by atoms with Crippen LogP contribution < -0.4 is 10.2 Å². The van der Waals surface area contributed by atoms with Gasteiger partial charge in [-0.2, -0.15) is 0 Å². The lowest BCUT2D eigenvalue weighted by Gasteiger charge is -2.39. The molecule has 1 N–H and O–H groups in total. The third-order valence-corrected chi connectivity index (χ3v) is 3.45. The number of hydrogen-bond donors (Lipinski definition) is 1. The first-order valence-corrected chi connectivity index (χ1v) is 5.81. The van der Waals surface area contributed by atoms with Crippen LogP contribution in [0.3, 0.4) is 0 Å². The molecule has 0 radical (unpaired) electrons. The van der Waals surface area contributed by atoms with E-state index in [9.17, 15) is 0 Å². The van der Waals surface area contributed by atoms with E-state index < -0.39 is 0 Å². The molecule has 2 atom stereocenters. The summed E-state index contributed by atoms with van der Waals surface area (Å²) < 4.78 is 5.34. The quantitative estimate of drug-likeness (QED) is 0.648. The summed E-state index contributed by atoms with van der Waals surface area (Å²) in [5.74, 6) is 0. The fourth-order valence-electron chi connectivity index (χ4n) is 1.70. The van der Waals surface area contributed by atoms with Gasteiger partial charge in [0.1, 0.15) is 11.2 Å². The third-order valence-electron chi connectivity index (χ3n) is 2.48. The van der Waals surface area contributed by atoms with Crippen LogP contribution in [-0.4, -0.2) is 36.4 Å². The normalized spacial score (nSPS) is 26.7. The molecule has 2 heterocycles. The summed E-state index contributed by atoms with van der Waals surface area (Å²) >= 11 is 3.63. The summed E-state index contributed by atoms with van der Waals surface area (Å²) in [6, 6.07) is 4.00.